The zero-order chi connectivity index (χ0) is 22.0. The molecule has 0 aliphatic carbocycles. The van der Waals surface area contributed by atoms with E-state index in [0.717, 1.165) is 5.39 Å². The molecule has 2 N–H and O–H groups in total. The number of carbonyl (C=O) groups excluding carboxylic acids is 1. The molecule has 0 unspecified atom stereocenters. The number of fused-ring (bicyclic) bond motifs is 2. The molecule has 0 aliphatic heterocycles. The predicted molar refractivity (Wildman–Crippen MR) is 122 cm³/mol. The maximum Gasteiger partial charge on any atom is 0.292 e. The van der Waals surface area contributed by atoms with Gasteiger partial charge in [-0.3, -0.25) is 9.59 Å². The van der Waals surface area contributed by atoms with Crippen molar-refractivity contribution in [2.75, 3.05) is 0 Å². The van der Waals surface area contributed by atoms with Crippen molar-refractivity contribution in [2.24, 2.45) is 5.10 Å². The summed E-state index contributed by atoms with van der Waals surface area (Å²) in [5.41, 5.74) is 3.38. The van der Waals surface area contributed by atoms with Gasteiger partial charge in [-0.15, -0.1) is 0 Å². The molecule has 4 rings (SSSR count). The van der Waals surface area contributed by atoms with Crippen molar-refractivity contribution in [1.29, 1.82) is 0 Å². The molecule has 1 aromatic heterocycles. The molecule has 1 amide bonds. The zero-order valence-corrected chi connectivity index (χ0v) is 17.3. The molecule has 4 aromatic rings. The van der Waals surface area contributed by atoms with E-state index in [4.69, 9.17) is 0 Å². The normalized spacial score (nSPS) is 11.7. The summed E-state index contributed by atoms with van der Waals surface area (Å²) in [5.74, 6) is -0.422. The number of nitrogens with zero attached hydrogens (tertiary/aromatic N) is 3. The summed E-state index contributed by atoms with van der Waals surface area (Å²) < 4.78 is 1.31. The first kappa shape index (κ1) is 20.3. The fourth-order valence-corrected chi connectivity index (χ4v) is 3.56. The molecule has 0 radical (unpaired) electrons. The summed E-state index contributed by atoms with van der Waals surface area (Å²) in [6, 6.07) is 18.0. The van der Waals surface area contributed by atoms with Gasteiger partial charge in [0.1, 0.15) is 5.75 Å². The highest BCUT2D eigenvalue weighted by Crippen LogP contribution is 2.28. The SMILES string of the molecule is CCCn1nc(C(=O)N/N=C(\C)c2ccc3ccccc3c2O)c2ccccc2c1=O. The van der Waals surface area contributed by atoms with E-state index in [-0.39, 0.29) is 17.0 Å². The molecule has 7 heteroatoms. The Balaban J connectivity index is 1.70. The number of aromatic hydroxyl groups is 1. The third kappa shape index (κ3) is 3.77. The predicted octanol–water partition coefficient (Wildman–Crippen LogP) is 3.82. The van der Waals surface area contributed by atoms with E-state index in [1.807, 2.05) is 37.3 Å². The minimum Gasteiger partial charge on any atom is -0.507 e. The van der Waals surface area contributed by atoms with E-state index in [2.05, 4.69) is 15.6 Å². The highest BCUT2D eigenvalue weighted by molar-refractivity contribution is 6.08. The number of aryl methyl sites for hydroxylation is 1. The lowest BCUT2D eigenvalue weighted by Crippen LogP contribution is -2.29. The van der Waals surface area contributed by atoms with Gasteiger partial charge in [0, 0.05) is 22.9 Å². The molecule has 0 atom stereocenters. The van der Waals surface area contributed by atoms with E-state index in [9.17, 15) is 14.7 Å². The number of amides is 1. The van der Waals surface area contributed by atoms with Gasteiger partial charge in [0.05, 0.1) is 11.1 Å². The molecule has 156 valence electrons. The Labute approximate surface area is 178 Å². The van der Waals surface area contributed by atoms with Gasteiger partial charge in [0.15, 0.2) is 5.69 Å². The maximum atomic E-state index is 12.9. The van der Waals surface area contributed by atoms with Crippen LogP contribution in [-0.2, 0) is 6.54 Å². The summed E-state index contributed by atoms with van der Waals surface area (Å²) in [6.45, 7) is 4.05. The molecule has 0 bridgehead atoms. The zero-order valence-electron chi connectivity index (χ0n) is 17.3. The Morgan fingerprint density at radius 2 is 1.71 bits per heavy atom. The molecule has 7 nitrogen and oxygen atoms in total. The number of rotatable bonds is 5. The third-order valence-corrected chi connectivity index (χ3v) is 5.13. The largest absolute Gasteiger partial charge is 0.507 e. The number of hydrazone groups is 1. The topological polar surface area (TPSA) is 96.6 Å². The van der Waals surface area contributed by atoms with Crippen LogP contribution in [-0.4, -0.2) is 26.5 Å². The lowest BCUT2D eigenvalue weighted by Gasteiger charge is -2.10. The van der Waals surface area contributed by atoms with Crippen LogP contribution in [0.5, 0.6) is 5.75 Å². The number of carbonyl (C=O) groups is 1. The van der Waals surface area contributed by atoms with Crippen molar-refractivity contribution in [3.63, 3.8) is 0 Å². The Bertz CT molecular complexity index is 1390. The van der Waals surface area contributed by atoms with E-state index in [1.165, 1.54) is 4.68 Å². The van der Waals surface area contributed by atoms with Crippen molar-refractivity contribution in [3.8, 4) is 5.75 Å². The van der Waals surface area contributed by atoms with Crippen LogP contribution >= 0.6 is 0 Å². The second kappa shape index (κ2) is 8.39. The summed E-state index contributed by atoms with van der Waals surface area (Å²) in [4.78, 5) is 25.5. The van der Waals surface area contributed by atoms with Gasteiger partial charge in [-0.05, 0) is 30.9 Å². The first-order chi connectivity index (χ1) is 15.0. The Hall–Kier alpha value is -4.00. The van der Waals surface area contributed by atoms with Crippen molar-refractivity contribution in [3.05, 3.63) is 82.3 Å². The average Bonchev–Trinajstić information content (AvgIpc) is 2.79. The van der Waals surface area contributed by atoms with Crippen LogP contribution in [0.4, 0.5) is 0 Å². The second-order valence-corrected chi connectivity index (χ2v) is 7.24. The van der Waals surface area contributed by atoms with E-state index < -0.39 is 5.91 Å². The van der Waals surface area contributed by atoms with Crippen LogP contribution in [0.15, 0.2) is 70.6 Å². The van der Waals surface area contributed by atoms with E-state index >= 15 is 0 Å². The Morgan fingerprint density at radius 1 is 1.03 bits per heavy atom. The summed E-state index contributed by atoms with van der Waals surface area (Å²) in [5, 5.41) is 21.6. The van der Waals surface area contributed by atoms with Crippen LogP contribution in [0.25, 0.3) is 21.5 Å². The van der Waals surface area contributed by atoms with Crippen molar-refractivity contribution in [1.82, 2.24) is 15.2 Å². The van der Waals surface area contributed by atoms with E-state index in [1.54, 1.807) is 37.3 Å². The van der Waals surface area contributed by atoms with Crippen molar-refractivity contribution < 1.29 is 9.90 Å². The molecule has 1 heterocycles. The number of aromatic nitrogens is 2. The summed E-state index contributed by atoms with van der Waals surface area (Å²) in [6.07, 6.45) is 0.713. The Morgan fingerprint density at radius 3 is 2.45 bits per heavy atom. The Kier molecular flexibility index (Phi) is 5.49. The van der Waals surface area contributed by atoms with Crippen LogP contribution in [0.2, 0.25) is 0 Å². The molecule has 3 aromatic carbocycles. The molecule has 0 saturated carbocycles. The van der Waals surface area contributed by atoms with Gasteiger partial charge in [-0.25, -0.2) is 10.1 Å². The molecule has 0 fully saturated rings. The highest BCUT2D eigenvalue weighted by Gasteiger charge is 2.17. The summed E-state index contributed by atoms with van der Waals surface area (Å²) >= 11 is 0. The van der Waals surface area contributed by atoms with Gasteiger partial charge >= 0.3 is 0 Å². The van der Waals surface area contributed by atoms with Crippen LogP contribution in [0.1, 0.15) is 36.3 Å². The van der Waals surface area contributed by atoms with Gasteiger partial charge in [-0.1, -0.05) is 55.5 Å². The summed E-state index contributed by atoms with van der Waals surface area (Å²) in [7, 11) is 0. The molecular formula is C24H22N4O3. The first-order valence-corrected chi connectivity index (χ1v) is 10.1. The van der Waals surface area contributed by atoms with Crippen LogP contribution in [0, 0.1) is 0 Å². The number of phenolic OH excluding ortho intramolecular Hbond substituents is 1. The maximum absolute atomic E-state index is 12.9. The first-order valence-electron chi connectivity index (χ1n) is 10.1. The lowest BCUT2D eigenvalue weighted by atomic mass is 10.0. The minimum absolute atomic E-state index is 0.105. The molecular weight excluding hydrogens is 392 g/mol. The van der Waals surface area contributed by atoms with Crippen molar-refractivity contribution >= 4 is 33.2 Å². The fourth-order valence-electron chi connectivity index (χ4n) is 3.56. The number of phenols is 1. The third-order valence-electron chi connectivity index (χ3n) is 5.13. The van der Waals surface area contributed by atoms with Gasteiger partial charge < -0.3 is 5.11 Å². The number of benzene rings is 3. The quantitative estimate of drug-likeness (QED) is 0.383. The fraction of sp³-hybridized carbons (Fsp3) is 0.167. The standard InChI is InChI=1S/C24H22N4O3/c1-3-14-28-24(31)20-11-7-6-10-19(20)21(27-28)23(30)26-25-15(2)17-13-12-16-8-4-5-9-18(16)22(17)29/h4-13,29H,3,14H2,1-2H3,(H,26,30)/b25-15+. The molecule has 0 spiro atoms. The minimum atomic E-state index is -0.527. The smallest absolute Gasteiger partial charge is 0.292 e. The molecule has 0 saturated heterocycles. The van der Waals surface area contributed by atoms with Crippen LogP contribution in [0.3, 0.4) is 0 Å². The lowest BCUT2D eigenvalue weighted by molar-refractivity contribution is 0.0949. The second-order valence-electron chi connectivity index (χ2n) is 7.24. The highest BCUT2D eigenvalue weighted by atomic mass is 16.3. The monoisotopic (exact) mass is 414 g/mol. The van der Waals surface area contributed by atoms with Gasteiger partial charge in [0.25, 0.3) is 11.5 Å². The van der Waals surface area contributed by atoms with Gasteiger partial charge in [-0.2, -0.15) is 10.2 Å². The van der Waals surface area contributed by atoms with Gasteiger partial charge in [0.2, 0.25) is 0 Å². The molecule has 31 heavy (non-hydrogen) atoms. The number of hydrogen-bond acceptors (Lipinski definition) is 5. The van der Waals surface area contributed by atoms with E-state index in [0.29, 0.717) is 40.4 Å². The number of hydrogen-bond donors (Lipinski definition) is 2. The molecule has 0 aliphatic rings. The number of nitrogens with one attached hydrogen (secondary N) is 1. The average molecular weight is 414 g/mol. The van der Waals surface area contributed by atoms with Crippen LogP contribution < -0.4 is 11.0 Å². The van der Waals surface area contributed by atoms with Crippen molar-refractivity contribution in [2.45, 2.75) is 26.8 Å².